The fraction of sp³-hybridized carbons (Fsp3) is 0.0541. The molecule has 206 valence electrons. The molecule has 1 aliphatic rings. The third-order valence-corrected chi connectivity index (χ3v) is 7.66. The highest BCUT2D eigenvalue weighted by Crippen LogP contribution is 2.31. The van der Waals surface area contributed by atoms with Crippen molar-refractivity contribution in [3.63, 3.8) is 0 Å². The number of benzene rings is 3. The van der Waals surface area contributed by atoms with Gasteiger partial charge in [-0.25, -0.2) is 9.98 Å². The minimum absolute atomic E-state index is 0.245. The van der Waals surface area contributed by atoms with E-state index in [1.54, 1.807) is 12.4 Å². The predicted molar refractivity (Wildman–Crippen MR) is 173 cm³/mol. The maximum atomic E-state index is 5.17. The lowest BCUT2D eigenvalue weighted by Crippen LogP contribution is -2.35. The molecule has 3 aromatic heterocycles. The first-order valence-corrected chi connectivity index (χ1v) is 14.1. The van der Waals surface area contributed by atoms with E-state index in [0.717, 1.165) is 55.9 Å². The standard InChI is InChI=1S/C37H28N6/c1-43-36(31-14-8-26(9-15-31)29-18-22-38-23-19-29)41-35(30-12-6-27(7-13-30)33-4-2-20-39-24-33)42-37(43)32-16-10-28(11-17-32)34-5-3-21-40-25-34/h2-25,36H,1H3. The van der Waals surface area contributed by atoms with Crippen LogP contribution in [0, 0.1) is 0 Å². The average Bonchev–Trinajstić information content (AvgIpc) is 3.10. The van der Waals surface area contributed by atoms with Crippen LogP contribution >= 0.6 is 0 Å². The van der Waals surface area contributed by atoms with Gasteiger partial charge >= 0.3 is 0 Å². The summed E-state index contributed by atoms with van der Waals surface area (Å²) < 4.78 is 0. The molecule has 0 saturated carbocycles. The first-order chi connectivity index (χ1) is 21.2. The van der Waals surface area contributed by atoms with Crippen LogP contribution in [-0.2, 0) is 0 Å². The van der Waals surface area contributed by atoms with E-state index in [9.17, 15) is 0 Å². The van der Waals surface area contributed by atoms with Crippen LogP contribution in [0.25, 0.3) is 33.4 Å². The fourth-order valence-corrected chi connectivity index (χ4v) is 5.31. The van der Waals surface area contributed by atoms with E-state index in [0.29, 0.717) is 5.84 Å². The van der Waals surface area contributed by atoms with E-state index < -0.39 is 0 Å². The topological polar surface area (TPSA) is 66.6 Å². The van der Waals surface area contributed by atoms with E-state index in [1.165, 1.54) is 0 Å². The van der Waals surface area contributed by atoms with E-state index in [2.05, 4.69) is 112 Å². The molecule has 43 heavy (non-hydrogen) atoms. The van der Waals surface area contributed by atoms with Crippen LogP contribution in [0.1, 0.15) is 22.9 Å². The van der Waals surface area contributed by atoms with Gasteiger partial charge < -0.3 is 4.90 Å². The van der Waals surface area contributed by atoms with Gasteiger partial charge in [-0.1, -0.05) is 84.9 Å². The zero-order chi connectivity index (χ0) is 29.0. The summed E-state index contributed by atoms with van der Waals surface area (Å²) in [5, 5.41) is 0. The Morgan fingerprint density at radius 3 is 1.51 bits per heavy atom. The number of aliphatic imine (C=N–C) groups is 2. The van der Waals surface area contributed by atoms with Crippen molar-refractivity contribution < 1.29 is 0 Å². The van der Waals surface area contributed by atoms with Gasteiger partial charge in [-0.2, -0.15) is 0 Å². The molecular formula is C37H28N6. The Morgan fingerprint density at radius 2 is 0.953 bits per heavy atom. The Labute approximate surface area is 250 Å². The lowest BCUT2D eigenvalue weighted by atomic mass is 10.0. The molecule has 1 atom stereocenters. The highest BCUT2D eigenvalue weighted by molar-refractivity contribution is 6.13. The second-order valence-corrected chi connectivity index (χ2v) is 10.4. The first kappa shape index (κ1) is 26.2. The van der Waals surface area contributed by atoms with Crippen molar-refractivity contribution in [1.82, 2.24) is 19.9 Å². The van der Waals surface area contributed by atoms with Gasteiger partial charge in [0, 0.05) is 55.4 Å². The van der Waals surface area contributed by atoms with Gasteiger partial charge in [-0.05, 0) is 63.2 Å². The van der Waals surface area contributed by atoms with Crippen molar-refractivity contribution in [2.24, 2.45) is 9.98 Å². The fourth-order valence-electron chi connectivity index (χ4n) is 5.31. The lowest BCUT2D eigenvalue weighted by molar-refractivity contribution is 0.383. The van der Waals surface area contributed by atoms with Crippen molar-refractivity contribution in [3.8, 4) is 33.4 Å². The monoisotopic (exact) mass is 556 g/mol. The molecular weight excluding hydrogens is 528 g/mol. The van der Waals surface area contributed by atoms with Crippen LogP contribution < -0.4 is 0 Å². The van der Waals surface area contributed by atoms with Crippen LogP contribution in [0.15, 0.2) is 156 Å². The molecule has 7 rings (SSSR count). The second-order valence-electron chi connectivity index (χ2n) is 10.4. The zero-order valence-electron chi connectivity index (χ0n) is 23.6. The summed E-state index contributed by atoms with van der Waals surface area (Å²) in [6.07, 6.45) is 10.7. The number of nitrogens with zero attached hydrogens (tertiary/aromatic N) is 6. The van der Waals surface area contributed by atoms with Crippen LogP contribution in [0.5, 0.6) is 0 Å². The second kappa shape index (κ2) is 11.6. The molecule has 0 aliphatic carbocycles. The van der Waals surface area contributed by atoms with Gasteiger partial charge in [-0.15, -0.1) is 0 Å². The number of hydrogen-bond donors (Lipinski definition) is 0. The lowest BCUT2D eigenvalue weighted by Gasteiger charge is -2.32. The molecule has 4 heterocycles. The molecule has 0 amide bonds. The van der Waals surface area contributed by atoms with Gasteiger partial charge in [-0.3, -0.25) is 15.0 Å². The smallest absolute Gasteiger partial charge is 0.159 e. The molecule has 6 nitrogen and oxygen atoms in total. The van der Waals surface area contributed by atoms with Crippen molar-refractivity contribution in [3.05, 3.63) is 163 Å². The van der Waals surface area contributed by atoms with Gasteiger partial charge in [0.25, 0.3) is 0 Å². The van der Waals surface area contributed by atoms with Crippen molar-refractivity contribution >= 4 is 11.7 Å². The van der Waals surface area contributed by atoms with E-state index in [1.807, 2.05) is 49.1 Å². The molecule has 0 bridgehead atoms. The van der Waals surface area contributed by atoms with E-state index in [-0.39, 0.29) is 6.17 Å². The van der Waals surface area contributed by atoms with Crippen LogP contribution in [0.4, 0.5) is 0 Å². The summed E-state index contributed by atoms with van der Waals surface area (Å²) in [4.78, 5) is 25.1. The Kier molecular flexibility index (Phi) is 7.07. The number of pyridine rings is 3. The predicted octanol–water partition coefficient (Wildman–Crippen LogP) is 7.71. The summed E-state index contributed by atoms with van der Waals surface area (Å²) in [6.45, 7) is 0. The van der Waals surface area contributed by atoms with E-state index >= 15 is 0 Å². The van der Waals surface area contributed by atoms with Gasteiger partial charge in [0.15, 0.2) is 5.84 Å². The Morgan fingerprint density at radius 1 is 0.465 bits per heavy atom. The third kappa shape index (κ3) is 5.46. The summed E-state index contributed by atoms with van der Waals surface area (Å²) in [5.74, 6) is 1.56. The molecule has 1 aliphatic heterocycles. The molecule has 0 N–H and O–H groups in total. The highest BCUT2D eigenvalue weighted by Gasteiger charge is 2.27. The summed E-state index contributed by atoms with van der Waals surface area (Å²) in [6, 6.07) is 37.5. The minimum Gasteiger partial charge on any atom is -0.333 e. The molecule has 0 saturated heterocycles. The molecule has 0 fully saturated rings. The maximum absolute atomic E-state index is 5.17. The summed E-state index contributed by atoms with van der Waals surface area (Å²) in [5.41, 5.74) is 9.70. The maximum Gasteiger partial charge on any atom is 0.159 e. The molecule has 6 heteroatoms. The normalized spacial score (nSPS) is 14.6. The Hall–Kier alpha value is -5.75. The molecule has 0 radical (unpaired) electrons. The number of rotatable bonds is 6. The first-order valence-electron chi connectivity index (χ1n) is 14.1. The number of aromatic nitrogens is 3. The van der Waals surface area contributed by atoms with Crippen LogP contribution in [0.2, 0.25) is 0 Å². The van der Waals surface area contributed by atoms with E-state index in [4.69, 9.17) is 9.98 Å². The Bertz CT molecular complexity index is 1880. The largest absolute Gasteiger partial charge is 0.333 e. The van der Waals surface area contributed by atoms with Crippen molar-refractivity contribution in [2.75, 3.05) is 7.05 Å². The molecule has 3 aromatic carbocycles. The number of hydrogen-bond acceptors (Lipinski definition) is 6. The van der Waals surface area contributed by atoms with Crippen LogP contribution in [-0.4, -0.2) is 38.6 Å². The SMILES string of the molecule is CN1C(c2ccc(-c3cccnc3)cc2)=NC(c2ccc(-c3cccnc3)cc2)=NC1c1ccc(-c2ccncc2)cc1. The third-order valence-electron chi connectivity index (χ3n) is 7.66. The van der Waals surface area contributed by atoms with Gasteiger partial charge in [0.05, 0.1) is 0 Å². The highest BCUT2D eigenvalue weighted by atomic mass is 15.3. The van der Waals surface area contributed by atoms with Crippen molar-refractivity contribution in [1.29, 1.82) is 0 Å². The molecule has 0 spiro atoms. The summed E-state index contributed by atoms with van der Waals surface area (Å²) in [7, 11) is 2.06. The van der Waals surface area contributed by atoms with Crippen molar-refractivity contribution in [2.45, 2.75) is 6.17 Å². The zero-order valence-corrected chi connectivity index (χ0v) is 23.6. The quantitative estimate of drug-likeness (QED) is 0.211. The summed E-state index contributed by atoms with van der Waals surface area (Å²) >= 11 is 0. The minimum atomic E-state index is -0.245. The van der Waals surface area contributed by atoms with Gasteiger partial charge in [0.1, 0.15) is 12.0 Å². The molecule has 6 aromatic rings. The average molecular weight is 557 g/mol. The number of amidine groups is 2. The van der Waals surface area contributed by atoms with Crippen LogP contribution in [0.3, 0.4) is 0 Å². The van der Waals surface area contributed by atoms with Gasteiger partial charge in [0.2, 0.25) is 0 Å². The Balaban J connectivity index is 1.26. The molecule has 1 unspecified atom stereocenters.